The Morgan fingerprint density at radius 3 is 2.56 bits per heavy atom. The van der Waals surface area contributed by atoms with Crippen LogP contribution in [0, 0.1) is 0 Å². The lowest BCUT2D eigenvalue weighted by Gasteiger charge is -2.30. The number of anilines is 1. The molecule has 1 aromatic carbocycles. The minimum atomic E-state index is -4.48. The SMILES string of the molecule is O=C(N[C@H]1CC[C@@H](Nc2cccc3nc(C(F)(F)F)cn23)CC1)c1c[nH]c2ccccc12. The Labute approximate surface area is 181 Å². The number of halogens is 3. The van der Waals surface area contributed by atoms with Crippen LogP contribution in [-0.4, -0.2) is 32.4 Å². The Bertz CT molecular complexity index is 1270. The zero-order valence-corrected chi connectivity index (χ0v) is 17.1. The number of H-pyrrole nitrogens is 1. The molecule has 4 aromatic rings. The molecule has 1 fully saturated rings. The van der Waals surface area contributed by atoms with Gasteiger partial charge in [-0.1, -0.05) is 24.3 Å². The Balaban J connectivity index is 1.22. The first kappa shape index (κ1) is 20.4. The number of nitrogens with one attached hydrogen (secondary N) is 3. The molecule has 3 N–H and O–H groups in total. The highest BCUT2D eigenvalue weighted by molar-refractivity contribution is 6.06. The van der Waals surface area contributed by atoms with Crippen LogP contribution < -0.4 is 10.6 Å². The lowest BCUT2D eigenvalue weighted by molar-refractivity contribution is -0.140. The number of amides is 1. The first-order valence-electron chi connectivity index (χ1n) is 10.6. The number of imidazole rings is 1. The van der Waals surface area contributed by atoms with Gasteiger partial charge in [-0.3, -0.25) is 9.20 Å². The van der Waals surface area contributed by atoms with E-state index in [9.17, 15) is 18.0 Å². The van der Waals surface area contributed by atoms with Crippen molar-refractivity contribution < 1.29 is 18.0 Å². The van der Waals surface area contributed by atoms with Gasteiger partial charge in [-0.15, -0.1) is 0 Å². The Morgan fingerprint density at radius 2 is 1.78 bits per heavy atom. The molecule has 3 heterocycles. The van der Waals surface area contributed by atoms with Crippen molar-refractivity contribution in [2.75, 3.05) is 5.32 Å². The molecule has 166 valence electrons. The van der Waals surface area contributed by atoms with Gasteiger partial charge in [0.2, 0.25) is 0 Å². The number of nitrogens with zero attached hydrogens (tertiary/aromatic N) is 2. The molecular weight excluding hydrogens is 419 g/mol. The molecule has 0 radical (unpaired) electrons. The number of carbonyl (C=O) groups excluding carboxylic acids is 1. The van der Waals surface area contributed by atoms with Crippen molar-refractivity contribution in [1.29, 1.82) is 0 Å². The maximum atomic E-state index is 13.0. The first-order valence-corrected chi connectivity index (χ1v) is 10.6. The minimum absolute atomic E-state index is 0.0649. The van der Waals surface area contributed by atoms with Crippen LogP contribution in [0.3, 0.4) is 0 Å². The smallest absolute Gasteiger partial charge is 0.368 e. The van der Waals surface area contributed by atoms with E-state index >= 15 is 0 Å². The monoisotopic (exact) mass is 441 g/mol. The van der Waals surface area contributed by atoms with Crippen LogP contribution in [0.2, 0.25) is 0 Å². The zero-order chi connectivity index (χ0) is 22.3. The van der Waals surface area contributed by atoms with E-state index in [1.807, 2.05) is 24.3 Å². The summed E-state index contributed by atoms with van der Waals surface area (Å²) in [6.07, 6.45) is 1.45. The summed E-state index contributed by atoms with van der Waals surface area (Å²) in [5, 5.41) is 7.37. The quantitative estimate of drug-likeness (QED) is 0.418. The van der Waals surface area contributed by atoms with Crippen molar-refractivity contribution in [2.45, 2.75) is 43.9 Å². The molecule has 32 heavy (non-hydrogen) atoms. The topological polar surface area (TPSA) is 74.2 Å². The van der Waals surface area contributed by atoms with Gasteiger partial charge < -0.3 is 15.6 Å². The van der Waals surface area contributed by atoms with Gasteiger partial charge in [-0.2, -0.15) is 13.2 Å². The number of fused-ring (bicyclic) bond motifs is 2. The highest BCUT2D eigenvalue weighted by Crippen LogP contribution is 2.30. The van der Waals surface area contributed by atoms with E-state index in [0.717, 1.165) is 42.8 Å². The number of rotatable bonds is 4. The third-order valence-corrected chi connectivity index (χ3v) is 6.03. The van der Waals surface area contributed by atoms with Crippen molar-refractivity contribution in [3.05, 3.63) is 66.1 Å². The van der Waals surface area contributed by atoms with Crippen molar-refractivity contribution >= 4 is 28.3 Å². The van der Waals surface area contributed by atoms with Gasteiger partial charge in [0.1, 0.15) is 11.5 Å². The summed E-state index contributed by atoms with van der Waals surface area (Å²) in [5.41, 5.74) is 0.901. The van der Waals surface area contributed by atoms with Gasteiger partial charge in [0.15, 0.2) is 5.69 Å². The number of alkyl halides is 3. The molecule has 1 aliphatic rings. The van der Waals surface area contributed by atoms with Gasteiger partial charge in [0.25, 0.3) is 5.91 Å². The first-order chi connectivity index (χ1) is 15.4. The van der Waals surface area contributed by atoms with E-state index in [2.05, 4.69) is 20.6 Å². The maximum absolute atomic E-state index is 13.0. The van der Waals surface area contributed by atoms with Crippen LogP contribution in [0.5, 0.6) is 0 Å². The minimum Gasteiger partial charge on any atom is -0.368 e. The summed E-state index contributed by atoms with van der Waals surface area (Å²) in [6.45, 7) is 0. The number of para-hydroxylation sites is 1. The molecule has 5 rings (SSSR count). The lowest BCUT2D eigenvalue weighted by Crippen LogP contribution is -2.40. The average Bonchev–Trinajstić information content (AvgIpc) is 3.40. The van der Waals surface area contributed by atoms with E-state index in [1.54, 1.807) is 24.4 Å². The van der Waals surface area contributed by atoms with Crippen molar-refractivity contribution in [2.24, 2.45) is 0 Å². The zero-order valence-electron chi connectivity index (χ0n) is 17.1. The normalized spacial score (nSPS) is 19.3. The highest BCUT2D eigenvalue weighted by atomic mass is 19.4. The molecule has 6 nitrogen and oxygen atoms in total. The van der Waals surface area contributed by atoms with E-state index in [1.165, 1.54) is 4.40 Å². The summed E-state index contributed by atoms with van der Waals surface area (Å²) in [7, 11) is 0. The van der Waals surface area contributed by atoms with Gasteiger partial charge >= 0.3 is 6.18 Å². The fraction of sp³-hybridized carbons (Fsp3) is 0.304. The molecule has 0 atom stereocenters. The number of hydrogen-bond donors (Lipinski definition) is 3. The third-order valence-electron chi connectivity index (χ3n) is 6.03. The Hall–Kier alpha value is -3.49. The molecule has 1 saturated carbocycles. The fourth-order valence-electron chi connectivity index (χ4n) is 4.38. The standard InChI is InChI=1S/C23H22F3N5O/c24-23(25,26)19-13-31-20(6-3-7-21(31)30-19)28-14-8-10-15(11-9-14)29-22(32)17-12-27-18-5-2-1-4-16(17)18/h1-7,12-15,27-28H,8-11H2,(H,29,32)/t14-,15+. The van der Waals surface area contributed by atoms with Gasteiger partial charge in [0, 0.05) is 35.4 Å². The Morgan fingerprint density at radius 1 is 1.03 bits per heavy atom. The second-order valence-electron chi connectivity index (χ2n) is 8.18. The summed E-state index contributed by atoms with van der Waals surface area (Å²) in [5.74, 6) is 0.485. The molecule has 0 spiro atoms. The van der Waals surface area contributed by atoms with E-state index in [0.29, 0.717) is 11.4 Å². The molecule has 0 unspecified atom stereocenters. The lowest BCUT2D eigenvalue weighted by atomic mass is 9.91. The van der Waals surface area contributed by atoms with E-state index in [-0.39, 0.29) is 23.6 Å². The predicted molar refractivity (Wildman–Crippen MR) is 116 cm³/mol. The number of aromatic amines is 1. The van der Waals surface area contributed by atoms with Gasteiger partial charge in [-0.25, -0.2) is 4.98 Å². The molecule has 0 saturated heterocycles. The Kier molecular flexibility index (Phi) is 5.03. The number of carbonyl (C=O) groups is 1. The highest BCUT2D eigenvalue weighted by Gasteiger charge is 2.34. The summed E-state index contributed by atoms with van der Waals surface area (Å²) >= 11 is 0. The number of aromatic nitrogens is 3. The average molecular weight is 441 g/mol. The molecule has 1 aliphatic carbocycles. The van der Waals surface area contributed by atoms with Crippen LogP contribution >= 0.6 is 0 Å². The molecule has 0 aliphatic heterocycles. The van der Waals surface area contributed by atoms with Crippen molar-refractivity contribution in [3.8, 4) is 0 Å². The molecule has 9 heteroatoms. The van der Waals surface area contributed by atoms with E-state index in [4.69, 9.17) is 0 Å². The van der Waals surface area contributed by atoms with Gasteiger partial charge in [-0.05, 0) is 43.9 Å². The van der Waals surface area contributed by atoms with E-state index < -0.39 is 11.9 Å². The van der Waals surface area contributed by atoms with Crippen molar-refractivity contribution in [3.63, 3.8) is 0 Å². The fourth-order valence-corrected chi connectivity index (χ4v) is 4.38. The third kappa shape index (κ3) is 3.90. The van der Waals surface area contributed by atoms with Crippen molar-refractivity contribution in [1.82, 2.24) is 19.7 Å². The molecule has 1 amide bonds. The molecule has 0 bridgehead atoms. The predicted octanol–water partition coefficient (Wildman–Crippen LogP) is 4.99. The van der Waals surface area contributed by atoms with Crippen LogP contribution in [0.4, 0.5) is 19.0 Å². The molecule has 3 aromatic heterocycles. The largest absolute Gasteiger partial charge is 0.434 e. The van der Waals surface area contributed by atoms with Crippen LogP contribution in [-0.2, 0) is 6.18 Å². The second kappa shape index (κ2) is 7.89. The number of pyridine rings is 1. The van der Waals surface area contributed by atoms with Crippen LogP contribution in [0.25, 0.3) is 16.6 Å². The number of benzene rings is 1. The maximum Gasteiger partial charge on any atom is 0.434 e. The summed E-state index contributed by atoms with van der Waals surface area (Å²) < 4.78 is 40.5. The van der Waals surface area contributed by atoms with Crippen LogP contribution in [0.15, 0.2) is 54.9 Å². The van der Waals surface area contributed by atoms with Crippen LogP contribution in [0.1, 0.15) is 41.7 Å². The summed E-state index contributed by atoms with van der Waals surface area (Å²) in [6, 6.07) is 12.8. The van der Waals surface area contributed by atoms with Gasteiger partial charge in [0.05, 0.1) is 5.56 Å². The molecular formula is C23H22F3N5O. The summed E-state index contributed by atoms with van der Waals surface area (Å²) in [4.78, 5) is 19.5. The second-order valence-corrected chi connectivity index (χ2v) is 8.18. The number of hydrogen-bond acceptors (Lipinski definition) is 3.